The Hall–Kier alpha value is -3.26. The number of benzene rings is 1. The maximum absolute atomic E-state index is 13.6. The summed E-state index contributed by atoms with van der Waals surface area (Å²) in [6, 6.07) is 7.60. The van der Waals surface area contributed by atoms with Crippen LogP contribution in [0.5, 0.6) is 17.2 Å². The highest BCUT2D eigenvalue weighted by atomic mass is 32.1. The Morgan fingerprint density at radius 1 is 1.06 bits per heavy atom. The van der Waals surface area contributed by atoms with E-state index in [1.54, 1.807) is 17.4 Å². The summed E-state index contributed by atoms with van der Waals surface area (Å²) in [5.74, 6) is -0.547. The number of nitrogens with one attached hydrogen (secondary N) is 1. The summed E-state index contributed by atoms with van der Waals surface area (Å²) in [6.07, 6.45) is 1.02. The normalized spacial score (nSPS) is 22.4. The van der Waals surface area contributed by atoms with E-state index in [0.29, 0.717) is 46.9 Å². The maximum Gasteiger partial charge on any atom is 0.315 e. The minimum absolute atomic E-state index is 0.00890. The number of allylic oxidation sites excluding steroid dienone is 2. The summed E-state index contributed by atoms with van der Waals surface area (Å²) in [5.41, 5.74) is 2.48. The average molecular weight is 470 g/mol. The molecule has 0 saturated carbocycles. The number of carbonyl (C=O) groups is 2. The molecule has 2 aromatic rings. The van der Waals surface area contributed by atoms with Gasteiger partial charge in [0, 0.05) is 45.7 Å². The molecule has 2 aliphatic rings. The molecule has 0 radical (unpaired) electrons. The third-order valence-electron chi connectivity index (χ3n) is 6.31. The Kier molecular flexibility index (Phi) is 6.47. The molecular weight excluding hydrogens is 442 g/mol. The first-order valence-corrected chi connectivity index (χ1v) is 11.4. The lowest BCUT2D eigenvalue weighted by Gasteiger charge is -2.40. The Balaban J connectivity index is 1.91. The molecule has 1 N–H and O–H groups in total. The molecule has 4 rings (SSSR count). The number of rotatable bonds is 6. The monoisotopic (exact) mass is 469 g/mol. The van der Waals surface area contributed by atoms with Gasteiger partial charge in [0.1, 0.15) is 5.92 Å². The van der Waals surface area contributed by atoms with Gasteiger partial charge in [-0.1, -0.05) is 18.7 Å². The van der Waals surface area contributed by atoms with E-state index in [1.807, 2.05) is 17.5 Å². The first-order chi connectivity index (χ1) is 15.9. The number of Topliss-reactive ketones (excluding diaryl/α,β-unsaturated/α-hetero) is 1. The zero-order valence-corrected chi connectivity index (χ0v) is 19.9. The van der Waals surface area contributed by atoms with Crippen molar-refractivity contribution in [1.29, 1.82) is 0 Å². The molecule has 0 spiro atoms. The van der Waals surface area contributed by atoms with Crippen LogP contribution < -0.4 is 19.5 Å². The molecule has 0 amide bonds. The molecule has 1 aliphatic heterocycles. The zero-order valence-electron chi connectivity index (χ0n) is 19.1. The molecule has 0 bridgehead atoms. The van der Waals surface area contributed by atoms with Crippen molar-refractivity contribution in [3.63, 3.8) is 0 Å². The number of ether oxygens (including phenoxy) is 4. The molecule has 1 aliphatic carbocycles. The van der Waals surface area contributed by atoms with Crippen LogP contribution in [0.25, 0.3) is 0 Å². The van der Waals surface area contributed by atoms with Crippen molar-refractivity contribution < 1.29 is 28.5 Å². The van der Waals surface area contributed by atoms with Crippen molar-refractivity contribution in [3.05, 3.63) is 63.6 Å². The van der Waals surface area contributed by atoms with Crippen molar-refractivity contribution in [2.24, 2.45) is 5.92 Å². The van der Waals surface area contributed by atoms with Gasteiger partial charge in [-0.05, 0) is 23.9 Å². The fraction of sp³-hybridized carbons (Fsp3) is 0.360. The van der Waals surface area contributed by atoms with E-state index >= 15 is 0 Å². The van der Waals surface area contributed by atoms with Crippen LogP contribution in [0.4, 0.5) is 0 Å². The Labute approximate surface area is 197 Å². The van der Waals surface area contributed by atoms with Crippen molar-refractivity contribution >= 4 is 23.1 Å². The standard InChI is InChI=1S/C25H27NO6S/c1-13-20(25(28)32-5)21(15-8-9-18(29-2)24(31-4)23(15)30-3)22-16(26-13)11-14(12-17(22)27)19-7-6-10-33-19/h6-10,14,20-21,26H,1,11-12H2,2-5H3. The third-order valence-corrected chi connectivity index (χ3v) is 7.34. The Morgan fingerprint density at radius 2 is 1.82 bits per heavy atom. The molecule has 1 aromatic heterocycles. The average Bonchev–Trinajstić information content (AvgIpc) is 3.36. The van der Waals surface area contributed by atoms with Crippen molar-refractivity contribution in [2.75, 3.05) is 28.4 Å². The van der Waals surface area contributed by atoms with E-state index in [1.165, 1.54) is 28.4 Å². The van der Waals surface area contributed by atoms with Crippen LogP contribution in [0, 0.1) is 5.92 Å². The van der Waals surface area contributed by atoms with Gasteiger partial charge in [0.15, 0.2) is 17.3 Å². The molecule has 3 unspecified atom stereocenters. The number of carbonyl (C=O) groups excluding carboxylic acids is 2. The fourth-order valence-corrected chi connectivity index (χ4v) is 5.71. The lowest BCUT2D eigenvalue weighted by Crippen LogP contribution is -2.42. The zero-order chi connectivity index (χ0) is 23.7. The van der Waals surface area contributed by atoms with Gasteiger partial charge in [0.2, 0.25) is 5.75 Å². The lowest BCUT2D eigenvalue weighted by atomic mass is 9.69. The van der Waals surface area contributed by atoms with Crippen LogP contribution in [0.1, 0.15) is 35.1 Å². The largest absolute Gasteiger partial charge is 0.493 e. The summed E-state index contributed by atoms with van der Waals surface area (Å²) in [4.78, 5) is 27.7. The van der Waals surface area contributed by atoms with E-state index in [4.69, 9.17) is 18.9 Å². The predicted molar refractivity (Wildman–Crippen MR) is 125 cm³/mol. The van der Waals surface area contributed by atoms with Gasteiger partial charge >= 0.3 is 5.97 Å². The molecular formula is C25H27NO6S. The lowest BCUT2D eigenvalue weighted by molar-refractivity contribution is -0.144. The molecule has 33 heavy (non-hydrogen) atoms. The minimum Gasteiger partial charge on any atom is -0.493 e. The van der Waals surface area contributed by atoms with Gasteiger partial charge in [-0.2, -0.15) is 0 Å². The molecule has 3 atom stereocenters. The Morgan fingerprint density at radius 3 is 2.42 bits per heavy atom. The van der Waals surface area contributed by atoms with Crippen LogP contribution in [0.2, 0.25) is 0 Å². The van der Waals surface area contributed by atoms with Crippen LogP contribution in [0.3, 0.4) is 0 Å². The van der Waals surface area contributed by atoms with Gasteiger partial charge in [-0.15, -0.1) is 11.3 Å². The van der Waals surface area contributed by atoms with E-state index in [0.717, 1.165) is 10.6 Å². The highest BCUT2D eigenvalue weighted by molar-refractivity contribution is 7.10. The number of esters is 1. The summed E-state index contributed by atoms with van der Waals surface area (Å²) >= 11 is 1.64. The third kappa shape index (κ3) is 3.88. The van der Waals surface area contributed by atoms with E-state index in [-0.39, 0.29) is 11.7 Å². The topological polar surface area (TPSA) is 83.1 Å². The first-order valence-electron chi connectivity index (χ1n) is 10.6. The Bertz CT molecular complexity index is 1120. The van der Waals surface area contributed by atoms with Gasteiger partial charge in [0.25, 0.3) is 0 Å². The summed E-state index contributed by atoms with van der Waals surface area (Å²) in [5, 5.41) is 5.28. The number of hydrogen-bond donors (Lipinski definition) is 1. The van der Waals surface area contributed by atoms with Crippen molar-refractivity contribution in [2.45, 2.75) is 24.7 Å². The smallest absolute Gasteiger partial charge is 0.315 e. The number of methoxy groups -OCH3 is 4. The van der Waals surface area contributed by atoms with Gasteiger partial charge in [0.05, 0.1) is 28.4 Å². The first kappa shape index (κ1) is 22.9. The molecule has 0 fully saturated rings. The second-order valence-electron chi connectivity index (χ2n) is 7.99. The highest BCUT2D eigenvalue weighted by Crippen LogP contribution is 2.52. The van der Waals surface area contributed by atoms with Crippen molar-refractivity contribution in [3.8, 4) is 17.2 Å². The predicted octanol–water partition coefficient (Wildman–Crippen LogP) is 4.16. The van der Waals surface area contributed by atoms with E-state index in [9.17, 15) is 9.59 Å². The highest BCUT2D eigenvalue weighted by Gasteiger charge is 2.46. The molecule has 7 nitrogen and oxygen atoms in total. The summed E-state index contributed by atoms with van der Waals surface area (Å²) in [6.45, 7) is 4.12. The molecule has 2 heterocycles. The van der Waals surface area contributed by atoms with Gasteiger partial charge in [-0.25, -0.2) is 0 Å². The number of hydrogen-bond acceptors (Lipinski definition) is 8. The number of ketones is 1. The molecule has 174 valence electrons. The quantitative estimate of drug-likeness (QED) is 0.636. The number of thiophene rings is 1. The second kappa shape index (κ2) is 9.31. The maximum atomic E-state index is 13.6. The van der Waals surface area contributed by atoms with Crippen LogP contribution >= 0.6 is 11.3 Å². The van der Waals surface area contributed by atoms with Gasteiger partial charge in [-0.3, -0.25) is 9.59 Å². The molecule has 1 aromatic carbocycles. The second-order valence-corrected chi connectivity index (χ2v) is 8.97. The van der Waals surface area contributed by atoms with Crippen LogP contribution in [-0.2, 0) is 14.3 Å². The van der Waals surface area contributed by atoms with Crippen LogP contribution in [-0.4, -0.2) is 40.2 Å². The van der Waals surface area contributed by atoms with Crippen molar-refractivity contribution in [1.82, 2.24) is 5.32 Å². The molecule has 0 saturated heterocycles. The SMILES string of the molecule is C=C1NC2=C(C(=O)CC(c3cccs3)C2)C(c2ccc(OC)c(OC)c2OC)C1C(=O)OC. The van der Waals surface area contributed by atoms with E-state index < -0.39 is 17.8 Å². The van der Waals surface area contributed by atoms with Crippen LogP contribution in [0.15, 0.2) is 53.2 Å². The summed E-state index contributed by atoms with van der Waals surface area (Å²) in [7, 11) is 5.91. The van der Waals surface area contributed by atoms with Gasteiger partial charge < -0.3 is 24.3 Å². The van der Waals surface area contributed by atoms with E-state index in [2.05, 4.69) is 18.0 Å². The fourth-order valence-electron chi connectivity index (χ4n) is 4.88. The summed E-state index contributed by atoms with van der Waals surface area (Å²) < 4.78 is 21.8. The minimum atomic E-state index is -0.803. The molecule has 8 heteroatoms.